The number of halogens is 2. The first-order chi connectivity index (χ1) is 7.58. The van der Waals surface area contributed by atoms with E-state index in [0.29, 0.717) is 22.7 Å². The van der Waals surface area contributed by atoms with Crippen LogP contribution in [0.15, 0.2) is 12.1 Å². The van der Waals surface area contributed by atoms with Crippen LogP contribution in [0.1, 0.15) is 11.1 Å². The van der Waals surface area contributed by atoms with E-state index in [1.165, 1.54) is 6.07 Å². The Hall–Kier alpha value is -0.680. The smallest absolute Gasteiger partial charge is 0.126 e. The summed E-state index contributed by atoms with van der Waals surface area (Å²) in [6, 6.07) is 2.50. The fourth-order valence-electron chi connectivity index (χ4n) is 1.26. The highest BCUT2D eigenvalue weighted by Crippen LogP contribution is 2.20. The summed E-state index contributed by atoms with van der Waals surface area (Å²) >= 11 is 5.94. The quantitative estimate of drug-likeness (QED) is 0.734. The molecular formula is C11H15ClFNO2. The molecule has 3 nitrogen and oxygen atoms in total. The van der Waals surface area contributed by atoms with E-state index in [4.69, 9.17) is 21.8 Å². The number of aliphatic hydroxyl groups is 2. The van der Waals surface area contributed by atoms with Crippen LogP contribution >= 0.6 is 11.6 Å². The number of benzene rings is 1. The molecule has 0 aliphatic rings. The molecule has 0 bridgehead atoms. The molecule has 0 unspecified atom stereocenters. The number of hydrogen-bond donors (Lipinski definition) is 3. The maximum Gasteiger partial charge on any atom is 0.126 e. The summed E-state index contributed by atoms with van der Waals surface area (Å²) in [5, 5.41) is 21.0. The van der Waals surface area contributed by atoms with Crippen molar-refractivity contribution in [2.24, 2.45) is 0 Å². The first-order valence-electron chi connectivity index (χ1n) is 4.98. The predicted molar refractivity (Wildman–Crippen MR) is 60.9 cm³/mol. The van der Waals surface area contributed by atoms with E-state index in [9.17, 15) is 4.39 Å². The van der Waals surface area contributed by atoms with Crippen molar-refractivity contribution in [3.63, 3.8) is 0 Å². The van der Waals surface area contributed by atoms with Gasteiger partial charge < -0.3 is 15.5 Å². The minimum absolute atomic E-state index is 0.178. The Labute approximate surface area is 98.9 Å². The molecule has 1 aromatic carbocycles. The second-order valence-corrected chi connectivity index (χ2v) is 4.04. The molecule has 0 aliphatic carbocycles. The molecule has 1 aromatic rings. The topological polar surface area (TPSA) is 52.5 Å². The van der Waals surface area contributed by atoms with Crippen LogP contribution in [0.25, 0.3) is 0 Å². The lowest BCUT2D eigenvalue weighted by Gasteiger charge is -2.14. The van der Waals surface area contributed by atoms with Gasteiger partial charge in [-0.2, -0.15) is 0 Å². The molecule has 1 rings (SSSR count). The second kappa shape index (κ2) is 6.15. The van der Waals surface area contributed by atoms with Crippen molar-refractivity contribution in [3.05, 3.63) is 34.1 Å². The van der Waals surface area contributed by atoms with Gasteiger partial charge in [-0.25, -0.2) is 4.39 Å². The van der Waals surface area contributed by atoms with Crippen molar-refractivity contribution < 1.29 is 14.6 Å². The lowest BCUT2D eigenvalue weighted by atomic mass is 10.1. The van der Waals surface area contributed by atoms with Crippen LogP contribution in [0.3, 0.4) is 0 Å². The summed E-state index contributed by atoms with van der Waals surface area (Å²) in [7, 11) is 0. The molecule has 0 aromatic heterocycles. The maximum atomic E-state index is 13.3. The number of aryl methyl sites for hydroxylation is 1. The van der Waals surface area contributed by atoms with Crippen LogP contribution in [0.5, 0.6) is 0 Å². The molecule has 0 spiro atoms. The summed E-state index contributed by atoms with van der Waals surface area (Å²) in [6.07, 6.45) is 0. The summed E-state index contributed by atoms with van der Waals surface area (Å²) in [4.78, 5) is 0. The van der Waals surface area contributed by atoms with E-state index < -0.39 is 6.04 Å². The Morgan fingerprint density at radius 1 is 1.38 bits per heavy atom. The van der Waals surface area contributed by atoms with E-state index in [1.54, 1.807) is 13.0 Å². The normalized spacial score (nSPS) is 11.1. The maximum absolute atomic E-state index is 13.3. The molecule has 90 valence electrons. The van der Waals surface area contributed by atoms with Gasteiger partial charge in [0.05, 0.1) is 19.3 Å². The summed E-state index contributed by atoms with van der Waals surface area (Å²) in [6.45, 7) is 1.59. The zero-order valence-corrected chi connectivity index (χ0v) is 9.76. The first-order valence-corrected chi connectivity index (χ1v) is 5.36. The molecule has 5 heteroatoms. The monoisotopic (exact) mass is 247 g/mol. The number of aliphatic hydroxyl groups excluding tert-OH is 2. The summed E-state index contributed by atoms with van der Waals surface area (Å²) in [5.41, 5.74) is 1.10. The van der Waals surface area contributed by atoms with E-state index >= 15 is 0 Å². The van der Waals surface area contributed by atoms with Gasteiger partial charge in [-0.1, -0.05) is 11.6 Å². The lowest BCUT2D eigenvalue weighted by Crippen LogP contribution is -2.35. The zero-order chi connectivity index (χ0) is 12.1. The molecule has 3 N–H and O–H groups in total. The Balaban J connectivity index is 2.70. The third-order valence-corrected chi connectivity index (χ3v) is 2.70. The third-order valence-electron chi connectivity index (χ3n) is 2.35. The van der Waals surface area contributed by atoms with Crippen molar-refractivity contribution in [1.82, 2.24) is 5.32 Å². The van der Waals surface area contributed by atoms with E-state index in [-0.39, 0.29) is 19.0 Å². The zero-order valence-electron chi connectivity index (χ0n) is 9.00. The van der Waals surface area contributed by atoms with Crippen LogP contribution < -0.4 is 5.32 Å². The molecule has 0 heterocycles. The Bertz CT molecular complexity index is 356. The molecule has 0 atom stereocenters. The SMILES string of the molecule is Cc1cc(Cl)c(CNC(CO)CO)cc1F. The molecule has 0 fully saturated rings. The lowest BCUT2D eigenvalue weighted by molar-refractivity contribution is 0.170. The van der Waals surface area contributed by atoms with Crippen molar-refractivity contribution in [3.8, 4) is 0 Å². The van der Waals surface area contributed by atoms with Gasteiger partial charge in [-0.3, -0.25) is 0 Å². The van der Waals surface area contributed by atoms with Gasteiger partial charge in [0, 0.05) is 11.6 Å². The van der Waals surface area contributed by atoms with Crippen molar-refractivity contribution in [1.29, 1.82) is 0 Å². The number of nitrogens with one attached hydrogen (secondary N) is 1. The summed E-state index contributed by atoms with van der Waals surface area (Å²) < 4.78 is 13.3. The second-order valence-electron chi connectivity index (χ2n) is 3.64. The Morgan fingerprint density at radius 2 is 2.00 bits per heavy atom. The highest BCUT2D eigenvalue weighted by atomic mass is 35.5. The largest absolute Gasteiger partial charge is 0.395 e. The standard InChI is InChI=1S/C11H15ClFNO2/c1-7-2-10(12)8(3-11(7)13)4-14-9(5-15)6-16/h2-3,9,14-16H,4-6H2,1H3. The van der Waals surface area contributed by atoms with E-state index in [1.807, 2.05) is 0 Å². The third kappa shape index (κ3) is 3.42. The predicted octanol–water partition coefficient (Wildman–Crippen LogP) is 1.23. The van der Waals surface area contributed by atoms with Crippen molar-refractivity contribution in [2.45, 2.75) is 19.5 Å². The van der Waals surface area contributed by atoms with Gasteiger partial charge in [-0.05, 0) is 30.2 Å². The Morgan fingerprint density at radius 3 is 2.56 bits per heavy atom. The molecule has 0 saturated carbocycles. The number of hydrogen-bond acceptors (Lipinski definition) is 3. The summed E-state index contributed by atoms with van der Waals surface area (Å²) in [5.74, 6) is -0.314. The number of rotatable bonds is 5. The van der Waals surface area contributed by atoms with Crippen LogP contribution in [0, 0.1) is 12.7 Å². The van der Waals surface area contributed by atoms with Crippen LogP contribution in [-0.2, 0) is 6.54 Å². The van der Waals surface area contributed by atoms with Gasteiger partial charge in [0.1, 0.15) is 5.82 Å². The molecule has 16 heavy (non-hydrogen) atoms. The van der Waals surface area contributed by atoms with Crippen molar-refractivity contribution >= 4 is 11.6 Å². The molecule has 0 radical (unpaired) electrons. The van der Waals surface area contributed by atoms with E-state index in [0.717, 1.165) is 0 Å². The van der Waals surface area contributed by atoms with E-state index in [2.05, 4.69) is 5.32 Å². The van der Waals surface area contributed by atoms with Crippen molar-refractivity contribution in [2.75, 3.05) is 13.2 Å². The van der Waals surface area contributed by atoms with Gasteiger partial charge in [0.25, 0.3) is 0 Å². The minimum atomic E-state index is -0.416. The van der Waals surface area contributed by atoms with Gasteiger partial charge in [-0.15, -0.1) is 0 Å². The van der Waals surface area contributed by atoms with Gasteiger partial charge in [0.2, 0.25) is 0 Å². The highest BCUT2D eigenvalue weighted by Gasteiger charge is 2.09. The average Bonchev–Trinajstić information content (AvgIpc) is 2.26. The molecule has 0 aliphatic heterocycles. The van der Waals surface area contributed by atoms with Crippen LogP contribution in [0.4, 0.5) is 4.39 Å². The first kappa shape index (κ1) is 13.4. The Kier molecular flexibility index (Phi) is 5.15. The molecular weight excluding hydrogens is 233 g/mol. The molecule has 0 amide bonds. The highest BCUT2D eigenvalue weighted by molar-refractivity contribution is 6.31. The van der Waals surface area contributed by atoms with Gasteiger partial charge >= 0.3 is 0 Å². The van der Waals surface area contributed by atoms with Crippen LogP contribution in [0.2, 0.25) is 5.02 Å². The van der Waals surface area contributed by atoms with Gasteiger partial charge in [0.15, 0.2) is 0 Å². The fourth-order valence-corrected chi connectivity index (χ4v) is 1.55. The minimum Gasteiger partial charge on any atom is -0.395 e. The molecule has 0 saturated heterocycles. The fraction of sp³-hybridized carbons (Fsp3) is 0.455. The average molecular weight is 248 g/mol. The van der Waals surface area contributed by atoms with Crippen LogP contribution in [-0.4, -0.2) is 29.5 Å².